The number of carboxylic acids is 2. The van der Waals surface area contributed by atoms with Crippen molar-refractivity contribution in [3.05, 3.63) is 18.2 Å². The van der Waals surface area contributed by atoms with Crippen molar-refractivity contribution in [2.75, 3.05) is 19.7 Å². The molecular weight excluding hydrogens is 544 g/mol. The van der Waals surface area contributed by atoms with Crippen molar-refractivity contribution < 1.29 is 44.1 Å². The standard InChI is InChI=1S/C24H38N8O9/c25-6-2-1-4-14(26)23(39)32-7-3-5-18(32)22(38)29-15(8-13-10-27-12-28-13)20(36)31-17(11-33)21(37)30-16(24(40)41)9-19(34)35/h10,12,14-18,33H,1-9,11,25-26H2,(H,27,28)(H,29,38)(H,30,37)(H,31,36)(H,34,35)(H,40,41)/t14-,15-,16-,17-,18-/m0/s1. The SMILES string of the molecule is NCCCC[C@H](N)C(=O)N1CCC[C@H]1C(=O)N[C@@H](Cc1cnc[nH]1)C(=O)N[C@@H](CO)C(=O)N[C@@H](CC(=O)O)C(=O)O. The fourth-order valence-corrected chi connectivity index (χ4v) is 4.35. The molecule has 0 saturated carbocycles. The number of aliphatic carboxylic acids is 2. The predicted molar refractivity (Wildman–Crippen MR) is 141 cm³/mol. The number of aromatic amines is 1. The number of carbonyl (C=O) groups excluding carboxylic acids is 4. The van der Waals surface area contributed by atoms with Gasteiger partial charge in [0.1, 0.15) is 24.2 Å². The average Bonchev–Trinajstić information content (AvgIpc) is 3.62. The Morgan fingerprint density at radius 1 is 1.05 bits per heavy atom. The first kappa shape index (κ1) is 33.1. The van der Waals surface area contributed by atoms with E-state index in [9.17, 15) is 33.9 Å². The fourth-order valence-electron chi connectivity index (χ4n) is 4.35. The largest absolute Gasteiger partial charge is 0.481 e. The van der Waals surface area contributed by atoms with Crippen LogP contribution in [0.25, 0.3) is 0 Å². The number of hydrogen-bond acceptors (Lipinski definition) is 10. The molecule has 0 spiro atoms. The van der Waals surface area contributed by atoms with Crippen LogP contribution in [-0.4, -0.2) is 116 Å². The summed E-state index contributed by atoms with van der Waals surface area (Å²) in [5, 5.41) is 34.5. The van der Waals surface area contributed by atoms with E-state index in [0.29, 0.717) is 50.9 Å². The number of rotatable bonds is 17. The highest BCUT2D eigenvalue weighted by molar-refractivity contribution is 5.96. The highest BCUT2D eigenvalue weighted by Crippen LogP contribution is 2.20. The van der Waals surface area contributed by atoms with Crippen molar-refractivity contribution in [3.63, 3.8) is 0 Å². The number of unbranched alkanes of at least 4 members (excludes halogenated alkanes) is 1. The molecule has 0 radical (unpaired) electrons. The summed E-state index contributed by atoms with van der Waals surface area (Å²) in [6.07, 6.45) is 4.39. The van der Waals surface area contributed by atoms with E-state index >= 15 is 0 Å². The number of amides is 4. The fraction of sp³-hybridized carbons (Fsp3) is 0.625. The van der Waals surface area contributed by atoms with Crippen LogP contribution in [0.3, 0.4) is 0 Å². The molecule has 0 aromatic carbocycles. The molecule has 1 aliphatic rings. The Kier molecular flexibility index (Phi) is 13.1. The number of nitrogens with two attached hydrogens (primary N) is 2. The molecule has 4 amide bonds. The van der Waals surface area contributed by atoms with Crippen LogP contribution in [0.1, 0.15) is 44.2 Å². The number of aliphatic hydroxyl groups is 1. The molecule has 228 valence electrons. The molecular formula is C24H38N8O9. The molecule has 0 bridgehead atoms. The van der Waals surface area contributed by atoms with Crippen molar-refractivity contribution in [2.45, 2.75) is 75.2 Å². The zero-order valence-corrected chi connectivity index (χ0v) is 22.5. The van der Waals surface area contributed by atoms with Gasteiger partial charge in [-0.15, -0.1) is 0 Å². The van der Waals surface area contributed by atoms with Crippen LogP contribution in [0.15, 0.2) is 12.5 Å². The van der Waals surface area contributed by atoms with Crippen molar-refractivity contribution in [1.82, 2.24) is 30.8 Å². The second kappa shape index (κ2) is 16.2. The number of nitrogens with one attached hydrogen (secondary N) is 4. The lowest BCUT2D eigenvalue weighted by atomic mass is 10.1. The van der Waals surface area contributed by atoms with Crippen LogP contribution in [0.4, 0.5) is 0 Å². The number of imidazole rings is 1. The minimum atomic E-state index is -1.81. The third-order valence-corrected chi connectivity index (χ3v) is 6.55. The Hall–Kier alpha value is -4.09. The molecule has 1 aliphatic heterocycles. The smallest absolute Gasteiger partial charge is 0.326 e. The van der Waals surface area contributed by atoms with Gasteiger partial charge < -0.3 is 52.6 Å². The van der Waals surface area contributed by atoms with E-state index in [1.165, 1.54) is 17.4 Å². The topological polar surface area (TPSA) is 283 Å². The van der Waals surface area contributed by atoms with E-state index in [2.05, 4.69) is 20.6 Å². The lowest BCUT2D eigenvalue weighted by Gasteiger charge is -2.28. The summed E-state index contributed by atoms with van der Waals surface area (Å²) in [5.41, 5.74) is 12.0. The summed E-state index contributed by atoms with van der Waals surface area (Å²) in [6.45, 7) is -0.169. The molecule has 0 unspecified atom stereocenters. The van der Waals surface area contributed by atoms with Gasteiger partial charge in [-0.2, -0.15) is 0 Å². The molecule has 1 saturated heterocycles. The molecule has 1 aromatic heterocycles. The van der Waals surface area contributed by atoms with Gasteiger partial charge in [0.05, 0.1) is 25.4 Å². The quantitative estimate of drug-likeness (QED) is 0.0806. The van der Waals surface area contributed by atoms with Crippen LogP contribution in [0.2, 0.25) is 0 Å². The van der Waals surface area contributed by atoms with Crippen LogP contribution < -0.4 is 27.4 Å². The molecule has 41 heavy (non-hydrogen) atoms. The van der Waals surface area contributed by atoms with Gasteiger partial charge in [0.15, 0.2) is 0 Å². The Morgan fingerprint density at radius 2 is 1.73 bits per heavy atom. The van der Waals surface area contributed by atoms with E-state index in [0.717, 1.165) is 0 Å². The van der Waals surface area contributed by atoms with Gasteiger partial charge in [-0.25, -0.2) is 9.78 Å². The van der Waals surface area contributed by atoms with Crippen LogP contribution in [0.5, 0.6) is 0 Å². The van der Waals surface area contributed by atoms with Gasteiger partial charge in [-0.05, 0) is 32.2 Å². The number of aliphatic hydroxyl groups excluding tert-OH is 1. The van der Waals surface area contributed by atoms with E-state index in [1.807, 2.05) is 5.32 Å². The van der Waals surface area contributed by atoms with Crippen LogP contribution >= 0.6 is 0 Å². The summed E-state index contributed by atoms with van der Waals surface area (Å²) >= 11 is 0. The summed E-state index contributed by atoms with van der Waals surface area (Å²) in [4.78, 5) is 82.2. The third-order valence-electron chi connectivity index (χ3n) is 6.55. The Bertz CT molecular complexity index is 1070. The third kappa shape index (κ3) is 10.1. The zero-order valence-electron chi connectivity index (χ0n) is 22.5. The molecule has 5 atom stereocenters. The van der Waals surface area contributed by atoms with Crippen molar-refractivity contribution >= 4 is 35.6 Å². The minimum Gasteiger partial charge on any atom is -0.481 e. The molecule has 2 rings (SSSR count). The van der Waals surface area contributed by atoms with Gasteiger partial charge >= 0.3 is 11.9 Å². The number of carboxylic acid groups (broad SMARTS) is 2. The maximum atomic E-state index is 13.3. The van der Waals surface area contributed by atoms with Crippen molar-refractivity contribution in [1.29, 1.82) is 0 Å². The average molecular weight is 583 g/mol. The number of nitrogens with zero attached hydrogens (tertiary/aromatic N) is 2. The van der Waals surface area contributed by atoms with E-state index < -0.39 is 72.9 Å². The maximum absolute atomic E-state index is 13.3. The Labute approximate surface area is 235 Å². The molecule has 2 heterocycles. The molecule has 11 N–H and O–H groups in total. The highest BCUT2D eigenvalue weighted by Gasteiger charge is 2.38. The van der Waals surface area contributed by atoms with Gasteiger partial charge in [0.2, 0.25) is 23.6 Å². The number of carbonyl (C=O) groups is 6. The minimum absolute atomic E-state index is 0.104. The first-order valence-electron chi connectivity index (χ1n) is 13.2. The predicted octanol–water partition coefficient (Wildman–Crippen LogP) is -3.59. The molecule has 17 nitrogen and oxygen atoms in total. The number of hydrogen-bond donors (Lipinski definition) is 9. The first-order valence-corrected chi connectivity index (χ1v) is 13.2. The summed E-state index contributed by atoms with van der Waals surface area (Å²) in [6, 6.07) is -6.45. The van der Waals surface area contributed by atoms with Gasteiger partial charge in [0, 0.05) is 24.9 Å². The molecule has 17 heteroatoms. The lowest BCUT2D eigenvalue weighted by molar-refractivity contribution is -0.147. The highest BCUT2D eigenvalue weighted by atomic mass is 16.4. The summed E-state index contributed by atoms with van der Waals surface area (Å²) in [7, 11) is 0. The van der Waals surface area contributed by atoms with Gasteiger partial charge in [-0.1, -0.05) is 6.42 Å². The Balaban J connectivity index is 2.14. The summed E-state index contributed by atoms with van der Waals surface area (Å²) in [5.74, 6) is -6.16. The van der Waals surface area contributed by atoms with Crippen molar-refractivity contribution in [2.24, 2.45) is 11.5 Å². The van der Waals surface area contributed by atoms with Crippen LogP contribution in [0, 0.1) is 0 Å². The van der Waals surface area contributed by atoms with Crippen molar-refractivity contribution in [3.8, 4) is 0 Å². The van der Waals surface area contributed by atoms with E-state index in [1.54, 1.807) is 0 Å². The summed E-state index contributed by atoms with van der Waals surface area (Å²) < 4.78 is 0. The van der Waals surface area contributed by atoms with E-state index in [4.69, 9.17) is 21.7 Å². The normalized spacial score (nSPS) is 17.6. The first-order chi connectivity index (χ1) is 19.5. The van der Waals surface area contributed by atoms with Gasteiger partial charge in [0.25, 0.3) is 0 Å². The van der Waals surface area contributed by atoms with E-state index in [-0.39, 0.29) is 12.3 Å². The number of H-pyrrole nitrogens is 1. The number of aromatic nitrogens is 2. The maximum Gasteiger partial charge on any atom is 0.326 e. The molecule has 0 aliphatic carbocycles. The lowest BCUT2D eigenvalue weighted by Crippen LogP contribution is -2.59. The van der Waals surface area contributed by atoms with Crippen LogP contribution in [-0.2, 0) is 35.2 Å². The molecule has 1 aromatic rings. The second-order valence-electron chi connectivity index (χ2n) is 9.66. The monoisotopic (exact) mass is 582 g/mol. The number of likely N-dealkylation sites (tertiary alicyclic amines) is 1. The van der Waals surface area contributed by atoms with Gasteiger partial charge in [-0.3, -0.25) is 24.0 Å². The second-order valence-corrected chi connectivity index (χ2v) is 9.66. The molecule has 1 fully saturated rings. The zero-order chi connectivity index (χ0) is 30.5. The Morgan fingerprint density at radius 3 is 2.32 bits per heavy atom.